The Morgan fingerprint density at radius 2 is 1.36 bits per heavy atom. The maximum atomic E-state index is 10.8. The second kappa shape index (κ2) is 4.55. The smallest absolute Gasteiger partial charge is 0.0738 e. The summed E-state index contributed by atoms with van der Waals surface area (Å²) in [5, 5.41) is 10.8. The standard InChI is InChI=1S/C7H5I3N2O2/c8-2-1(7(13)14)3(9)6(12)4(10)5(2)11/h11-12H2,(H,13,14)/p-1. The number of hydrogen-bond acceptors (Lipinski definition) is 4. The van der Waals surface area contributed by atoms with Crippen LogP contribution in [-0.2, 0) is 0 Å². The van der Waals surface area contributed by atoms with E-state index in [1.807, 2.05) is 67.8 Å². The predicted molar refractivity (Wildman–Crippen MR) is 77.7 cm³/mol. The van der Waals surface area contributed by atoms with Crippen LogP contribution in [-0.4, -0.2) is 5.97 Å². The van der Waals surface area contributed by atoms with Crippen LogP contribution >= 0.6 is 67.8 Å². The van der Waals surface area contributed by atoms with Gasteiger partial charge in [0.15, 0.2) is 0 Å². The lowest BCUT2D eigenvalue weighted by molar-refractivity contribution is -0.255. The van der Waals surface area contributed by atoms with E-state index in [-0.39, 0.29) is 5.56 Å². The molecule has 0 amide bonds. The molecule has 0 saturated heterocycles. The molecule has 0 fully saturated rings. The van der Waals surface area contributed by atoms with Crippen LogP contribution in [0.2, 0.25) is 0 Å². The minimum Gasteiger partial charge on any atom is -0.545 e. The summed E-state index contributed by atoms with van der Waals surface area (Å²) in [6, 6.07) is 0. The number of rotatable bonds is 1. The first-order valence-corrected chi connectivity index (χ1v) is 6.54. The molecule has 1 aromatic rings. The van der Waals surface area contributed by atoms with E-state index in [2.05, 4.69) is 0 Å². The normalized spacial score (nSPS) is 10.2. The van der Waals surface area contributed by atoms with E-state index in [0.29, 0.717) is 22.1 Å². The number of nitrogens with two attached hydrogens (primary N) is 2. The molecule has 0 spiro atoms. The number of anilines is 2. The maximum Gasteiger partial charge on any atom is 0.0738 e. The van der Waals surface area contributed by atoms with Crippen LogP contribution in [0.15, 0.2) is 0 Å². The molecular formula is C7H4I3N2O2-. The van der Waals surface area contributed by atoms with Crippen molar-refractivity contribution in [1.82, 2.24) is 0 Å². The number of benzene rings is 1. The molecule has 0 radical (unpaired) electrons. The van der Waals surface area contributed by atoms with Crippen molar-refractivity contribution < 1.29 is 9.90 Å². The lowest BCUT2D eigenvalue weighted by atomic mass is 10.2. The summed E-state index contributed by atoms with van der Waals surface area (Å²) in [6.45, 7) is 0. The van der Waals surface area contributed by atoms with Crippen molar-refractivity contribution in [2.75, 3.05) is 11.5 Å². The van der Waals surface area contributed by atoms with E-state index in [1.54, 1.807) is 0 Å². The van der Waals surface area contributed by atoms with Crippen LogP contribution in [0.3, 0.4) is 0 Å². The van der Waals surface area contributed by atoms with Gasteiger partial charge in [-0.05, 0) is 67.8 Å². The van der Waals surface area contributed by atoms with Gasteiger partial charge in [0.05, 0.1) is 20.9 Å². The summed E-state index contributed by atoms with van der Waals surface area (Å²) >= 11 is 5.74. The number of nitrogen functional groups attached to an aromatic ring is 2. The fourth-order valence-corrected chi connectivity index (χ4v) is 4.49. The van der Waals surface area contributed by atoms with E-state index < -0.39 is 5.97 Å². The molecule has 14 heavy (non-hydrogen) atoms. The highest BCUT2D eigenvalue weighted by Crippen LogP contribution is 2.34. The number of carboxylic acid groups (broad SMARTS) is 1. The van der Waals surface area contributed by atoms with Gasteiger partial charge in [0.1, 0.15) is 0 Å². The molecule has 0 saturated carbocycles. The SMILES string of the molecule is Nc1c(I)c(N)c(I)c(C(=O)[O-])c1I. The first-order chi connectivity index (χ1) is 6.37. The topological polar surface area (TPSA) is 92.2 Å². The summed E-state index contributed by atoms with van der Waals surface area (Å²) < 4.78 is 1.64. The fourth-order valence-electron chi connectivity index (χ4n) is 0.883. The highest BCUT2D eigenvalue weighted by atomic mass is 127. The third-order valence-corrected chi connectivity index (χ3v) is 4.99. The summed E-state index contributed by atoms with van der Waals surface area (Å²) in [4.78, 5) is 10.8. The molecule has 0 atom stereocenters. The Morgan fingerprint density at radius 1 is 1.00 bits per heavy atom. The minimum absolute atomic E-state index is 0.0709. The molecule has 0 bridgehead atoms. The number of carbonyl (C=O) groups is 1. The zero-order valence-electron chi connectivity index (χ0n) is 6.61. The molecule has 4 N–H and O–H groups in total. The highest BCUT2D eigenvalue weighted by molar-refractivity contribution is 14.1. The van der Waals surface area contributed by atoms with Gasteiger partial charge >= 0.3 is 0 Å². The van der Waals surface area contributed by atoms with Gasteiger partial charge in [-0.25, -0.2) is 0 Å². The van der Waals surface area contributed by atoms with Crippen molar-refractivity contribution in [3.05, 3.63) is 16.3 Å². The Kier molecular flexibility index (Phi) is 4.08. The lowest BCUT2D eigenvalue weighted by Crippen LogP contribution is -2.26. The molecular weight excluding hydrogens is 525 g/mol. The van der Waals surface area contributed by atoms with E-state index in [4.69, 9.17) is 11.5 Å². The van der Waals surface area contributed by atoms with E-state index >= 15 is 0 Å². The average molecular weight is 529 g/mol. The zero-order valence-corrected chi connectivity index (χ0v) is 13.1. The Balaban J connectivity index is 3.68. The number of halogens is 3. The van der Waals surface area contributed by atoms with Gasteiger partial charge < -0.3 is 21.4 Å². The average Bonchev–Trinajstić information content (AvgIpc) is 2.11. The lowest BCUT2D eigenvalue weighted by Gasteiger charge is -2.15. The molecule has 7 heteroatoms. The van der Waals surface area contributed by atoms with Gasteiger partial charge in [0, 0.05) is 12.7 Å². The second-order valence-corrected chi connectivity index (χ2v) is 5.67. The first-order valence-electron chi connectivity index (χ1n) is 3.30. The Morgan fingerprint density at radius 3 is 1.64 bits per heavy atom. The van der Waals surface area contributed by atoms with Crippen LogP contribution in [0.5, 0.6) is 0 Å². The molecule has 0 aromatic heterocycles. The second-order valence-electron chi connectivity index (χ2n) is 2.43. The molecule has 4 nitrogen and oxygen atoms in total. The van der Waals surface area contributed by atoms with E-state index in [1.165, 1.54) is 0 Å². The minimum atomic E-state index is -1.26. The van der Waals surface area contributed by atoms with Crippen molar-refractivity contribution in [3.63, 3.8) is 0 Å². The highest BCUT2D eigenvalue weighted by Gasteiger charge is 2.16. The van der Waals surface area contributed by atoms with Gasteiger partial charge in [-0.15, -0.1) is 0 Å². The molecule has 0 aliphatic carbocycles. The zero-order chi connectivity index (χ0) is 11.0. The predicted octanol–water partition coefficient (Wildman–Crippen LogP) is 1.03. The molecule has 1 aromatic carbocycles. The van der Waals surface area contributed by atoms with Crippen LogP contribution in [0.1, 0.15) is 10.4 Å². The van der Waals surface area contributed by atoms with E-state index in [0.717, 1.165) is 0 Å². The number of carboxylic acids is 1. The van der Waals surface area contributed by atoms with E-state index in [9.17, 15) is 9.90 Å². The van der Waals surface area contributed by atoms with Crippen molar-refractivity contribution in [2.45, 2.75) is 0 Å². The molecule has 0 aliphatic rings. The number of aromatic carboxylic acids is 1. The van der Waals surface area contributed by atoms with Crippen LogP contribution in [0.4, 0.5) is 11.4 Å². The summed E-state index contributed by atoms with van der Waals surface area (Å²) in [6.07, 6.45) is 0. The van der Waals surface area contributed by atoms with Crippen molar-refractivity contribution in [3.8, 4) is 0 Å². The van der Waals surface area contributed by atoms with Crippen molar-refractivity contribution >= 4 is 85.1 Å². The Labute approximate surface area is 121 Å². The number of hydrogen-bond donors (Lipinski definition) is 2. The summed E-state index contributed by atoms with van der Waals surface area (Å²) in [5.74, 6) is -1.26. The molecule has 1 rings (SSSR count). The Hall–Kier alpha value is 0.480. The molecule has 0 aliphatic heterocycles. The first kappa shape index (κ1) is 12.5. The van der Waals surface area contributed by atoms with Crippen LogP contribution in [0.25, 0.3) is 0 Å². The monoisotopic (exact) mass is 529 g/mol. The van der Waals surface area contributed by atoms with Crippen LogP contribution in [0, 0.1) is 10.7 Å². The maximum absolute atomic E-state index is 10.8. The molecule has 0 heterocycles. The van der Waals surface area contributed by atoms with Crippen molar-refractivity contribution in [1.29, 1.82) is 0 Å². The third-order valence-electron chi connectivity index (χ3n) is 1.59. The molecule has 0 unspecified atom stereocenters. The summed E-state index contributed by atoms with van der Waals surface area (Å²) in [5.41, 5.74) is 12.3. The Bertz CT molecular complexity index is 391. The van der Waals surface area contributed by atoms with Gasteiger partial charge in [-0.1, -0.05) is 0 Å². The van der Waals surface area contributed by atoms with Gasteiger partial charge in [-0.2, -0.15) is 0 Å². The quantitative estimate of drug-likeness (QED) is 0.421. The van der Waals surface area contributed by atoms with Crippen LogP contribution < -0.4 is 16.6 Å². The van der Waals surface area contributed by atoms with Gasteiger partial charge in [0.2, 0.25) is 0 Å². The summed E-state index contributed by atoms with van der Waals surface area (Å²) in [7, 11) is 0. The van der Waals surface area contributed by atoms with Crippen molar-refractivity contribution in [2.24, 2.45) is 0 Å². The largest absolute Gasteiger partial charge is 0.545 e. The number of carbonyl (C=O) groups excluding carboxylic acids is 1. The van der Waals surface area contributed by atoms with Gasteiger partial charge in [0.25, 0.3) is 0 Å². The third kappa shape index (κ3) is 2.03. The fraction of sp³-hybridized carbons (Fsp3) is 0. The molecule has 76 valence electrons. The van der Waals surface area contributed by atoms with Gasteiger partial charge in [-0.3, -0.25) is 0 Å².